The maximum Gasteiger partial charge on any atom is 0.408 e. The monoisotopic (exact) mass is 339 g/mol. The van der Waals surface area contributed by atoms with E-state index in [4.69, 9.17) is 4.74 Å². The number of fused-ring (bicyclic) bond motifs is 1. The number of carboxylic acids is 1. The third-order valence-electron chi connectivity index (χ3n) is 4.41. The summed E-state index contributed by atoms with van der Waals surface area (Å²) in [5.41, 5.74) is 4.39. The second-order valence-electron chi connectivity index (χ2n) is 6.26. The van der Waals surface area contributed by atoms with Crippen molar-refractivity contribution in [1.29, 1.82) is 0 Å². The molecule has 1 aliphatic rings. The van der Waals surface area contributed by atoms with Gasteiger partial charge in [-0.25, -0.2) is 9.59 Å². The van der Waals surface area contributed by atoms with Crippen molar-refractivity contribution in [2.24, 2.45) is 0 Å². The topological polar surface area (TPSA) is 75.6 Å². The normalized spacial score (nSPS) is 13.8. The van der Waals surface area contributed by atoms with Gasteiger partial charge in [-0.2, -0.15) is 0 Å². The highest BCUT2D eigenvalue weighted by Gasteiger charge is 2.22. The summed E-state index contributed by atoms with van der Waals surface area (Å²) in [6, 6.07) is 14.3. The van der Waals surface area contributed by atoms with Crippen LogP contribution in [-0.4, -0.2) is 23.2 Å². The highest BCUT2D eigenvalue weighted by atomic mass is 16.5. The SMILES string of the molecule is O=C(N[C@H](Cc1ccc2c(c1)CCC2)C(=O)O)OCc1ccccc1. The number of hydrogen-bond donors (Lipinski definition) is 2. The fraction of sp³-hybridized carbons (Fsp3) is 0.300. The van der Waals surface area contributed by atoms with Crippen LogP contribution in [0.2, 0.25) is 0 Å². The number of carbonyl (C=O) groups excluding carboxylic acids is 1. The number of ether oxygens (including phenoxy) is 1. The van der Waals surface area contributed by atoms with Crippen molar-refractivity contribution in [3.05, 3.63) is 70.8 Å². The Bertz CT molecular complexity index is 758. The van der Waals surface area contributed by atoms with E-state index in [2.05, 4.69) is 17.4 Å². The first kappa shape index (κ1) is 17.0. The number of alkyl carbamates (subject to hydrolysis) is 1. The van der Waals surface area contributed by atoms with Crippen LogP contribution in [0.5, 0.6) is 0 Å². The number of carboxylic acid groups (broad SMARTS) is 1. The minimum absolute atomic E-state index is 0.109. The third kappa shape index (κ3) is 4.59. The smallest absolute Gasteiger partial charge is 0.408 e. The van der Waals surface area contributed by atoms with E-state index >= 15 is 0 Å². The van der Waals surface area contributed by atoms with Gasteiger partial charge in [-0.05, 0) is 41.5 Å². The predicted octanol–water partition coefficient (Wildman–Crippen LogP) is 3.10. The van der Waals surface area contributed by atoms with Crippen LogP contribution in [0.15, 0.2) is 48.5 Å². The van der Waals surface area contributed by atoms with Crippen LogP contribution in [0, 0.1) is 0 Å². The van der Waals surface area contributed by atoms with E-state index in [9.17, 15) is 14.7 Å². The molecule has 25 heavy (non-hydrogen) atoms. The fourth-order valence-corrected chi connectivity index (χ4v) is 3.09. The van der Waals surface area contributed by atoms with Crippen molar-refractivity contribution >= 4 is 12.1 Å². The molecule has 5 heteroatoms. The van der Waals surface area contributed by atoms with Gasteiger partial charge in [-0.3, -0.25) is 0 Å². The van der Waals surface area contributed by atoms with Crippen molar-refractivity contribution < 1.29 is 19.4 Å². The molecule has 0 unspecified atom stereocenters. The molecular weight excluding hydrogens is 318 g/mol. The molecule has 3 rings (SSSR count). The van der Waals surface area contributed by atoms with Gasteiger partial charge in [-0.1, -0.05) is 48.5 Å². The largest absolute Gasteiger partial charge is 0.480 e. The first-order valence-corrected chi connectivity index (χ1v) is 8.42. The molecule has 1 atom stereocenters. The lowest BCUT2D eigenvalue weighted by Crippen LogP contribution is -2.42. The Morgan fingerprint density at radius 1 is 1.04 bits per heavy atom. The molecule has 0 saturated carbocycles. The Morgan fingerprint density at radius 2 is 1.80 bits per heavy atom. The van der Waals surface area contributed by atoms with E-state index in [1.165, 1.54) is 11.1 Å². The summed E-state index contributed by atoms with van der Waals surface area (Å²) in [6.07, 6.45) is 2.78. The summed E-state index contributed by atoms with van der Waals surface area (Å²) < 4.78 is 5.11. The van der Waals surface area contributed by atoms with Crippen LogP contribution in [0.1, 0.15) is 28.7 Å². The highest BCUT2D eigenvalue weighted by Crippen LogP contribution is 2.23. The maximum absolute atomic E-state index is 11.9. The Kier molecular flexibility index (Phi) is 5.33. The van der Waals surface area contributed by atoms with Crippen LogP contribution in [0.3, 0.4) is 0 Å². The van der Waals surface area contributed by atoms with Crippen molar-refractivity contribution in [2.75, 3.05) is 0 Å². The summed E-state index contributed by atoms with van der Waals surface area (Å²) in [7, 11) is 0. The van der Waals surface area contributed by atoms with Gasteiger partial charge in [0, 0.05) is 6.42 Å². The average Bonchev–Trinajstić information content (AvgIpc) is 3.08. The number of aryl methyl sites for hydroxylation is 2. The van der Waals surface area contributed by atoms with Gasteiger partial charge in [-0.15, -0.1) is 0 Å². The number of carbonyl (C=O) groups is 2. The molecule has 0 radical (unpaired) electrons. The van der Waals surface area contributed by atoms with Crippen molar-refractivity contribution in [1.82, 2.24) is 5.32 Å². The molecule has 0 spiro atoms. The van der Waals surface area contributed by atoms with Gasteiger partial charge in [0.2, 0.25) is 0 Å². The molecule has 130 valence electrons. The highest BCUT2D eigenvalue weighted by molar-refractivity contribution is 5.80. The fourth-order valence-electron chi connectivity index (χ4n) is 3.09. The number of aliphatic carboxylic acids is 1. The van der Waals surface area contributed by atoms with E-state index in [0.717, 1.165) is 30.4 Å². The number of nitrogens with one attached hydrogen (secondary N) is 1. The van der Waals surface area contributed by atoms with Gasteiger partial charge in [0.25, 0.3) is 0 Å². The lowest BCUT2D eigenvalue weighted by atomic mass is 10.0. The van der Waals surface area contributed by atoms with Crippen LogP contribution < -0.4 is 5.32 Å². The minimum Gasteiger partial charge on any atom is -0.480 e. The molecule has 1 amide bonds. The van der Waals surface area contributed by atoms with Crippen molar-refractivity contribution in [2.45, 2.75) is 38.3 Å². The molecule has 0 aliphatic heterocycles. The second kappa shape index (κ2) is 7.83. The Labute approximate surface area is 146 Å². The zero-order chi connectivity index (χ0) is 17.6. The van der Waals surface area contributed by atoms with Crippen LogP contribution in [0.4, 0.5) is 4.79 Å². The lowest BCUT2D eigenvalue weighted by molar-refractivity contribution is -0.139. The second-order valence-corrected chi connectivity index (χ2v) is 6.26. The van der Waals surface area contributed by atoms with Gasteiger partial charge >= 0.3 is 12.1 Å². The van der Waals surface area contributed by atoms with Crippen LogP contribution in [-0.2, 0) is 35.4 Å². The maximum atomic E-state index is 11.9. The molecule has 0 heterocycles. The van der Waals surface area contributed by atoms with E-state index in [0.29, 0.717) is 0 Å². The third-order valence-corrected chi connectivity index (χ3v) is 4.41. The Hall–Kier alpha value is -2.82. The molecular formula is C20H21NO4. The summed E-state index contributed by atoms with van der Waals surface area (Å²) in [6.45, 7) is 0.109. The van der Waals surface area contributed by atoms with Gasteiger partial charge < -0.3 is 15.2 Å². The zero-order valence-corrected chi connectivity index (χ0v) is 13.9. The summed E-state index contributed by atoms with van der Waals surface area (Å²) in [5, 5.41) is 11.8. The molecule has 2 aromatic rings. The molecule has 0 fully saturated rings. The minimum atomic E-state index is -1.07. The van der Waals surface area contributed by atoms with E-state index in [-0.39, 0.29) is 13.0 Å². The summed E-state index contributed by atoms with van der Waals surface area (Å²) >= 11 is 0. The van der Waals surface area contributed by atoms with Crippen LogP contribution >= 0.6 is 0 Å². The average molecular weight is 339 g/mol. The van der Waals surface area contributed by atoms with Gasteiger partial charge in [0.1, 0.15) is 12.6 Å². The Balaban J connectivity index is 1.57. The molecule has 0 bridgehead atoms. The number of hydrogen-bond acceptors (Lipinski definition) is 3. The first-order chi connectivity index (χ1) is 12.1. The quantitative estimate of drug-likeness (QED) is 0.848. The van der Waals surface area contributed by atoms with Crippen molar-refractivity contribution in [3.8, 4) is 0 Å². The molecule has 0 aromatic heterocycles. The molecule has 0 saturated heterocycles. The number of benzene rings is 2. The molecule has 1 aliphatic carbocycles. The summed E-state index contributed by atoms with van der Waals surface area (Å²) in [5.74, 6) is -1.07. The zero-order valence-electron chi connectivity index (χ0n) is 13.9. The number of rotatable bonds is 6. The van der Waals surface area contributed by atoms with E-state index < -0.39 is 18.1 Å². The molecule has 2 N–H and O–H groups in total. The van der Waals surface area contributed by atoms with Crippen molar-refractivity contribution in [3.63, 3.8) is 0 Å². The van der Waals surface area contributed by atoms with Crippen LogP contribution in [0.25, 0.3) is 0 Å². The predicted molar refractivity (Wildman–Crippen MR) is 93.4 cm³/mol. The lowest BCUT2D eigenvalue weighted by Gasteiger charge is -2.15. The number of amides is 1. The van der Waals surface area contributed by atoms with E-state index in [1.807, 2.05) is 36.4 Å². The van der Waals surface area contributed by atoms with Gasteiger partial charge in [0.15, 0.2) is 0 Å². The standard InChI is InChI=1S/C20H21NO4/c22-19(23)18(12-15-9-10-16-7-4-8-17(16)11-15)21-20(24)25-13-14-5-2-1-3-6-14/h1-3,5-6,9-11,18H,4,7-8,12-13H2,(H,21,24)(H,22,23)/t18-/m1/s1. The van der Waals surface area contributed by atoms with E-state index in [1.54, 1.807) is 0 Å². The molecule has 5 nitrogen and oxygen atoms in total. The first-order valence-electron chi connectivity index (χ1n) is 8.42. The Morgan fingerprint density at radius 3 is 2.56 bits per heavy atom. The summed E-state index contributed by atoms with van der Waals surface area (Å²) in [4.78, 5) is 23.4. The van der Waals surface area contributed by atoms with Gasteiger partial charge in [0.05, 0.1) is 0 Å². The molecule has 2 aromatic carbocycles.